The zero-order valence-corrected chi connectivity index (χ0v) is 11.3. The summed E-state index contributed by atoms with van der Waals surface area (Å²) in [5, 5.41) is 11.6. The highest BCUT2D eigenvalue weighted by Crippen LogP contribution is 2.26. The second kappa shape index (κ2) is 6.68. The summed E-state index contributed by atoms with van der Waals surface area (Å²) < 4.78 is 0. The smallest absolute Gasteiger partial charge is 0.326 e. The Morgan fingerprint density at radius 3 is 2.74 bits per heavy atom. The third kappa shape index (κ3) is 4.65. The zero-order valence-electron chi connectivity index (χ0n) is 10.6. The number of amides is 1. The summed E-state index contributed by atoms with van der Waals surface area (Å²) in [5.41, 5.74) is 5.38. The summed E-state index contributed by atoms with van der Waals surface area (Å²) in [6.07, 6.45) is 2.58. The fourth-order valence-electron chi connectivity index (χ4n) is 1.83. The van der Waals surface area contributed by atoms with Gasteiger partial charge in [0, 0.05) is 6.42 Å². The number of carboxylic acid groups (broad SMARTS) is 1. The molecule has 0 saturated carbocycles. The van der Waals surface area contributed by atoms with Crippen molar-refractivity contribution in [1.82, 2.24) is 5.32 Å². The van der Waals surface area contributed by atoms with Gasteiger partial charge in [-0.25, -0.2) is 4.79 Å². The summed E-state index contributed by atoms with van der Waals surface area (Å²) in [6.45, 7) is 1.48. The molecule has 3 atom stereocenters. The molecule has 0 aromatic rings. The fraction of sp³-hybridized carbons (Fsp3) is 0.583. The van der Waals surface area contributed by atoms with Crippen molar-refractivity contribution in [2.24, 2.45) is 11.7 Å². The van der Waals surface area contributed by atoms with E-state index in [4.69, 9.17) is 22.4 Å². The van der Waals surface area contributed by atoms with Crippen molar-refractivity contribution in [2.45, 2.75) is 38.3 Å². The van der Waals surface area contributed by atoms with Crippen molar-refractivity contribution in [1.29, 1.82) is 0 Å². The number of hydrogen-bond donors (Lipinski definition) is 3. The van der Waals surface area contributed by atoms with E-state index < -0.39 is 24.0 Å². The molecule has 0 spiro atoms. The summed E-state index contributed by atoms with van der Waals surface area (Å²) in [6, 6.07) is -1.80. The number of carboxylic acids is 1. The lowest BCUT2D eigenvalue weighted by Crippen LogP contribution is -2.48. The van der Waals surface area contributed by atoms with Gasteiger partial charge in [-0.2, -0.15) is 0 Å². The maximum absolute atomic E-state index is 11.4. The first-order chi connectivity index (χ1) is 8.81. The van der Waals surface area contributed by atoms with Crippen LogP contribution in [0.25, 0.3) is 0 Å². The van der Waals surface area contributed by atoms with Crippen LogP contribution in [0.3, 0.4) is 0 Å². The van der Waals surface area contributed by atoms with Gasteiger partial charge in [-0.1, -0.05) is 17.7 Å². The number of allylic oxidation sites excluding steroid dienone is 2. The van der Waals surface area contributed by atoms with Gasteiger partial charge in [0.1, 0.15) is 6.04 Å². The standard InChI is InChI=1S/C12H17ClN2O4/c1-6(14)11(17)15-9(12(18)19)5-7-2-3-10(16)8(13)4-7/h4,6-7,9H,2-3,5,14H2,1H3,(H,15,17)(H,18,19). The number of hydrogen-bond acceptors (Lipinski definition) is 4. The zero-order chi connectivity index (χ0) is 14.6. The molecular weight excluding hydrogens is 272 g/mol. The number of aliphatic carboxylic acids is 1. The summed E-state index contributed by atoms with van der Waals surface area (Å²) in [7, 11) is 0. The molecule has 0 bridgehead atoms. The molecule has 4 N–H and O–H groups in total. The normalized spacial score (nSPS) is 22.4. The molecular formula is C12H17ClN2O4. The van der Waals surface area contributed by atoms with Crippen LogP contribution in [-0.4, -0.2) is 34.8 Å². The monoisotopic (exact) mass is 288 g/mol. The van der Waals surface area contributed by atoms with Crippen molar-refractivity contribution in [2.75, 3.05) is 0 Å². The molecule has 19 heavy (non-hydrogen) atoms. The van der Waals surface area contributed by atoms with Crippen molar-refractivity contribution < 1.29 is 19.5 Å². The molecule has 106 valence electrons. The van der Waals surface area contributed by atoms with Crippen LogP contribution >= 0.6 is 11.6 Å². The van der Waals surface area contributed by atoms with Crippen LogP contribution in [0.4, 0.5) is 0 Å². The van der Waals surface area contributed by atoms with Gasteiger partial charge in [0.05, 0.1) is 11.1 Å². The topological polar surface area (TPSA) is 109 Å². The Bertz CT molecular complexity index is 420. The number of nitrogens with two attached hydrogens (primary N) is 1. The second-order valence-corrected chi connectivity index (χ2v) is 5.07. The minimum Gasteiger partial charge on any atom is -0.480 e. The van der Waals surface area contributed by atoms with Gasteiger partial charge in [-0.05, 0) is 25.7 Å². The number of carbonyl (C=O) groups is 3. The number of rotatable bonds is 5. The number of ketones is 1. The Morgan fingerprint density at radius 1 is 1.63 bits per heavy atom. The van der Waals surface area contributed by atoms with Crippen LogP contribution in [0.1, 0.15) is 26.2 Å². The van der Waals surface area contributed by atoms with E-state index in [9.17, 15) is 14.4 Å². The molecule has 3 unspecified atom stereocenters. The summed E-state index contributed by atoms with van der Waals surface area (Å²) >= 11 is 5.74. The van der Waals surface area contributed by atoms with Crippen LogP contribution in [0.2, 0.25) is 0 Å². The average molecular weight is 289 g/mol. The third-order valence-electron chi connectivity index (χ3n) is 2.96. The lowest BCUT2D eigenvalue weighted by Gasteiger charge is -2.22. The predicted octanol–water partition coefficient (Wildman–Crippen LogP) is 0.395. The van der Waals surface area contributed by atoms with Gasteiger partial charge in [-0.15, -0.1) is 0 Å². The average Bonchev–Trinajstić information content (AvgIpc) is 2.32. The van der Waals surface area contributed by atoms with Crippen LogP contribution in [-0.2, 0) is 14.4 Å². The first kappa shape index (κ1) is 15.7. The lowest BCUT2D eigenvalue weighted by molar-refractivity contribution is -0.142. The highest BCUT2D eigenvalue weighted by molar-refractivity contribution is 6.42. The van der Waals surface area contributed by atoms with Gasteiger partial charge < -0.3 is 16.2 Å². The number of carbonyl (C=O) groups excluding carboxylic acids is 2. The third-order valence-corrected chi connectivity index (χ3v) is 3.29. The van der Waals surface area contributed by atoms with Crippen molar-refractivity contribution >= 4 is 29.3 Å². The van der Waals surface area contributed by atoms with E-state index in [2.05, 4.69) is 5.32 Å². The summed E-state index contributed by atoms with van der Waals surface area (Å²) in [4.78, 5) is 33.7. The largest absolute Gasteiger partial charge is 0.480 e. The molecule has 0 heterocycles. The Labute approximate surface area is 116 Å². The van der Waals surface area contributed by atoms with Crippen LogP contribution < -0.4 is 11.1 Å². The molecule has 0 aromatic heterocycles. The van der Waals surface area contributed by atoms with E-state index in [1.54, 1.807) is 6.08 Å². The van der Waals surface area contributed by atoms with Crippen molar-refractivity contribution in [3.8, 4) is 0 Å². The molecule has 1 aliphatic rings. The van der Waals surface area contributed by atoms with Crippen LogP contribution in [0, 0.1) is 5.92 Å². The Balaban J connectivity index is 2.67. The van der Waals surface area contributed by atoms with E-state index in [0.717, 1.165) is 0 Å². The summed E-state index contributed by atoms with van der Waals surface area (Å²) in [5.74, 6) is -1.92. The van der Waals surface area contributed by atoms with E-state index >= 15 is 0 Å². The molecule has 7 heteroatoms. The van der Waals surface area contributed by atoms with E-state index in [1.807, 2.05) is 0 Å². The molecule has 0 fully saturated rings. The van der Waals surface area contributed by atoms with Crippen molar-refractivity contribution in [3.63, 3.8) is 0 Å². The van der Waals surface area contributed by atoms with Crippen molar-refractivity contribution in [3.05, 3.63) is 11.1 Å². The van der Waals surface area contributed by atoms with Gasteiger partial charge in [-0.3, -0.25) is 9.59 Å². The quantitative estimate of drug-likeness (QED) is 0.678. The molecule has 0 saturated heterocycles. The molecule has 1 rings (SSSR count). The molecule has 6 nitrogen and oxygen atoms in total. The van der Waals surface area contributed by atoms with E-state index in [1.165, 1.54) is 6.92 Å². The van der Waals surface area contributed by atoms with Gasteiger partial charge in [0.2, 0.25) is 5.91 Å². The number of halogens is 1. The number of Topliss-reactive ketones (excluding diaryl/α,β-unsaturated/α-hetero) is 1. The molecule has 0 radical (unpaired) electrons. The minimum atomic E-state index is -1.13. The fourth-order valence-corrected chi connectivity index (χ4v) is 2.11. The van der Waals surface area contributed by atoms with Crippen LogP contribution in [0.5, 0.6) is 0 Å². The molecule has 1 aliphatic carbocycles. The van der Waals surface area contributed by atoms with E-state index in [0.29, 0.717) is 12.8 Å². The first-order valence-electron chi connectivity index (χ1n) is 6.00. The molecule has 1 amide bonds. The maximum atomic E-state index is 11.4. The Morgan fingerprint density at radius 2 is 2.26 bits per heavy atom. The highest BCUT2D eigenvalue weighted by Gasteiger charge is 2.27. The Kier molecular flexibility index (Phi) is 5.50. The Hall–Kier alpha value is -1.40. The highest BCUT2D eigenvalue weighted by atomic mass is 35.5. The minimum absolute atomic E-state index is 0.135. The second-order valence-electron chi connectivity index (χ2n) is 4.66. The van der Waals surface area contributed by atoms with Gasteiger partial charge in [0.25, 0.3) is 0 Å². The predicted molar refractivity (Wildman–Crippen MR) is 69.5 cm³/mol. The molecule has 0 aromatic carbocycles. The van der Waals surface area contributed by atoms with Crippen LogP contribution in [0.15, 0.2) is 11.1 Å². The molecule has 0 aliphatic heterocycles. The SMILES string of the molecule is CC(N)C(=O)NC(CC1C=C(Cl)C(=O)CC1)C(=O)O. The van der Waals surface area contributed by atoms with Gasteiger partial charge >= 0.3 is 5.97 Å². The van der Waals surface area contributed by atoms with E-state index in [-0.39, 0.29) is 23.2 Å². The first-order valence-corrected chi connectivity index (χ1v) is 6.38. The number of nitrogens with one attached hydrogen (secondary N) is 1. The van der Waals surface area contributed by atoms with Gasteiger partial charge in [0.15, 0.2) is 5.78 Å². The maximum Gasteiger partial charge on any atom is 0.326 e. The lowest BCUT2D eigenvalue weighted by atomic mass is 9.89.